The van der Waals surface area contributed by atoms with Crippen molar-refractivity contribution in [3.8, 4) is 26.9 Å². The number of nitrogens with zero attached hydrogens (tertiary/aromatic N) is 2. The van der Waals surface area contributed by atoms with Crippen molar-refractivity contribution in [1.82, 2.24) is 14.7 Å². The number of carboxylic acids is 1. The first-order chi connectivity index (χ1) is 12.8. The van der Waals surface area contributed by atoms with Crippen molar-refractivity contribution in [2.24, 2.45) is 0 Å². The van der Waals surface area contributed by atoms with Gasteiger partial charge in [0.25, 0.3) is 0 Å². The molecule has 1 unspecified atom stereocenters. The summed E-state index contributed by atoms with van der Waals surface area (Å²) >= 11 is 2.57. The molecule has 11 heteroatoms. The topological polar surface area (TPSA) is 112 Å². The summed E-state index contributed by atoms with van der Waals surface area (Å²) in [7, 11) is -1.14. The number of rotatable bonds is 6. The first-order valence-electron chi connectivity index (χ1n) is 7.51. The van der Waals surface area contributed by atoms with Gasteiger partial charge in [-0.1, -0.05) is 0 Å². The number of aryl methyl sites for hydroxylation is 1. The van der Waals surface area contributed by atoms with Gasteiger partial charge in [0.05, 0.1) is 33.8 Å². The second-order valence-corrected chi connectivity index (χ2v) is 8.63. The van der Waals surface area contributed by atoms with E-state index in [4.69, 9.17) is 5.11 Å². The Morgan fingerprint density at radius 3 is 2.78 bits per heavy atom. The van der Waals surface area contributed by atoms with E-state index in [1.54, 1.807) is 5.38 Å². The monoisotopic (exact) mass is 427 g/mol. The van der Waals surface area contributed by atoms with Crippen LogP contribution in [0.2, 0.25) is 0 Å². The van der Waals surface area contributed by atoms with Crippen molar-refractivity contribution >= 4 is 39.6 Å². The largest absolute Gasteiger partial charge is 0.507 e. The van der Waals surface area contributed by atoms with Gasteiger partial charge in [0, 0.05) is 17.2 Å². The van der Waals surface area contributed by atoms with Crippen LogP contribution in [0.4, 0.5) is 4.39 Å². The second kappa shape index (κ2) is 7.80. The molecule has 0 saturated carbocycles. The van der Waals surface area contributed by atoms with Gasteiger partial charge in [-0.15, -0.1) is 22.7 Å². The Morgan fingerprint density at radius 2 is 2.11 bits per heavy atom. The Labute approximate surface area is 164 Å². The Hall–Kier alpha value is -2.21. The number of aromatic nitrogens is 2. The highest BCUT2D eigenvalue weighted by Crippen LogP contribution is 2.36. The van der Waals surface area contributed by atoms with Gasteiger partial charge >= 0.3 is 5.97 Å². The Morgan fingerprint density at radius 1 is 1.37 bits per heavy atom. The van der Waals surface area contributed by atoms with Crippen LogP contribution in [0.15, 0.2) is 17.5 Å². The molecule has 0 aliphatic carbocycles. The van der Waals surface area contributed by atoms with Crippen LogP contribution < -0.4 is 4.72 Å². The van der Waals surface area contributed by atoms with Crippen LogP contribution in [0.3, 0.4) is 0 Å². The molecule has 2 aromatic heterocycles. The number of nitrogens with one attached hydrogen (secondary N) is 1. The van der Waals surface area contributed by atoms with Gasteiger partial charge in [-0.3, -0.25) is 0 Å². The third kappa shape index (κ3) is 4.21. The maximum Gasteiger partial charge on any atom is 0.339 e. The first-order valence-corrected chi connectivity index (χ1v) is 10.8. The van der Waals surface area contributed by atoms with E-state index < -0.39 is 34.1 Å². The number of aromatic carboxylic acids is 1. The third-order valence-corrected chi connectivity index (χ3v) is 6.16. The number of phenols is 1. The smallest absolute Gasteiger partial charge is 0.339 e. The van der Waals surface area contributed by atoms with Crippen molar-refractivity contribution in [3.05, 3.63) is 39.6 Å². The van der Waals surface area contributed by atoms with E-state index >= 15 is 0 Å². The average Bonchev–Trinajstić information content (AvgIpc) is 3.21. The lowest BCUT2D eigenvalue weighted by molar-refractivity contribution is 0.0693. The highest BCUT2D eigenvalue weighted by molar-refractivity contribution is 7.82. The molecule has 0 spiro atoms. The van der Waals surface area contributed by atoms with Gasteiger partial charge < -0.3 is 10.2 Å². The fraction of sp³-hybridized carbons (Fsp3) is 0.188. The molecule has 0 radical (unpaired) electrons. The second-order valence-electron chi connectivity index (χ2n) is 5.49. The molecule has 27 heavy (non-hydrogen) atoms. The van der Waals surface area contributed by atoms with Crippen LogP contribution in [0.1, 0.15) is 21.1 Å². The Kier molecular flexibility index (Phi) is 5.65. The number of carboxylic acid groups (broad SMARTS) is 1. The summed E-state index contributed by atoms with van der Waals surface area (Å²) in [5, 5.41) is 21.6. The van der Waals surface area contributed by atoms with Crippen LogP contribution in [-0.4, -0.2) is 36.6 Å². The molecule has 0 amide bonds. The summed E-state index contributed by atoms with van der Waals surface area (Å²) in [6.07, 6.45) is 1.54. The van der Waals surface area contributed by atoms with E-state index in [9.17, 15) is 18.5 Å². The van der Waals surface area contributed by atoms with Gasteiger partial charge in [0.2, 0.25) is 0 Å². The molecule has 2 heterocycles. The van der Waals surface area contributed by atoms with E-state index in [2.05, 4.69) is 14.7 Å². The molecule has 3 rings (SSSR count). The molecule has 0 saturated heterocycles. The standard InChI is InChI=1S/C16H14FN3O4S3/c1-7-14(26-13(19-7)5-18-27(2)24)11-6-25-15(20-11)8-4-12(21)9(16(22)23)3-10(8)17/h3-4,6,18,21H,5H2,1-2H3,(H,22,23). The highest BCUT2D eigenvalue weighted by Gasteiger charge is 2.19. The maximum atomic E-state index is 14.3. The molecule has 3 N–H and O–H groups in total. The van der Waals surface area contributed by atoms with Gasteiger partial charge in [-0.2, -0.15) is 0 Å². The molecular weight excluding hydrogens is 413 g/mol. The molecule has 0 bridgehead atoms. The molecule has 0 aliphatic rings. The first kappa shape index (κ1) is 19.5. The number of halogens is 1. The zero-order valence-corrected chi connectivity index (χ0v) is 16.6. The number of hydrogen-bond donors (Lipinski definition) is 3. The van der Waals surface area contributed by atoms with Crippen LogP contribution in [-0.2, 0) is 17.5 Å². The van der Waals surface area contributed by atoms with Crippen molar-refractivity contribution < 1.29 is 23.6 Å². The predicted molar refractivity (Wildman–Crippen MR) is 103 cm³/mol. The summed E-state index contributed by atoms with van der Waals surface area (Å²) < 4.78 is 28.2. The third-order valence-electron chi connectivity index (χ3n) is 3.55. The van der Waals surface area contributed by atoms with Gasteiger partial charge in [0.1, 0.15) is 27.1 Å². The molecule has 7 nitrogen and oxygen atoms in total. The van der Waals surface area contributed by atoms with Crippen LogP contribution in [0.5, 0.6) is 5.75 Å². The van der Waals surface area contributed by atoms with E-state index in [-0.39, 0.29) is 5.56 Å². The summed E-state index contributed by atoms with van der Waals surface area (Å²) in [5.41, 5.74) is 0.881. The van der Waals surface area contributed by atoms with Crippen LogP contribution >= 0.6 is 22.7 Å². The fourth-order valence-electron chi connectivity index (χ4n) is 2.33. The average molecular weight is 428 g/mol. The number of benzene rings is 1. The zero-order valence-electron chi connectivity index (χ0n) is 14.1. The molecule has 0 fully saturated rings. The molecule has 0 aliphatic heterocycles. The summed E-state index contributed by atoms with van der Waals surface area (Å²) in [6, 6.07) is 1.84. The van der Waals surface area contributed by atoms with Gasteiger partial charge in [0.15, 0.2) is 0 Å². The number of aromatic hydroxyl groups is 1. The van der Waals surface area contributed by atoms with Crippen molar-refractivity contribution in [3.63, 3.8) is 0 Å². The SMILES string of the molecule is Cc1nc(CNS(C)=O)sc1-c1csc(-c2cc(O)c(C(=O)O)cc2F)n1. The van der Waals surface area contributed by atoms with Crippen molar-refractivity contribution in [1.29, 1.82) is 0 Å². The predicted octanol–water partition coefficient (Wildman–Crippen LogP) is 3.17. The normalized spacial score (nSPS) is 12.3. The Balaban J connectivity index is 1.93. The van der Waals surface area contributed by atoms with E-state index in [1.807, 2.05) is 6.92 Å². The molecule has 1 aromatic carbocycles. The van der Waals surface area contributed by atoms with Gasteiger partial charge in [-0.05, 0) is 19.1 Å². The minimum Gasteiger partial charge on any atom is -0.507 e. The van der Waals surface area contributed by atoms with E-state index in [0.717, 1.165) is 27.7 Å². The van der Waals surface area contributed by atoms with Crippen molar-refractivity contribution in [2.75, 3.05) is 6.26 Å². The minimum absolute atomic E-state index is 0.0270. The number of hydrogen-bond acceptors (Lipinski definition) is 7. The fourth-order valence-corrected chi connectivity index (χ4v) is 4.63. The lowest BCUT2D eigenvalue weighted by Crippen LogP contribution is -2.14. The van der Waals surface area contributed by atoms with E-state index in [1.165, 1.54) is 28.9 Å². The van der Waals surface area contributed by atoms with Gasteiger partial charge in [-0.25, -0.2) is 28.1 Å². The minimum atomic E-state index is -1.41. The summed E-state index contributed by atoms with van der Waals surface area (Å²) in [4.78, 5) is 20.6. The number of thiazole rings is 2. The molecule has 142 valence electrons. The highest BCUT2D eigenvalue weighted by atomic mass is 32.2. The summed E-state index contributed by atoms with van der Waals surface area (Å²) in [5.74, 6) is -2.71. The van der Waals surface area contributed by atoms with E-state index in [0.29, 0.717) is 17.2 Å². The lowest BCUT2D eigenvalue weighted by Gasteiger charge is -2.04. The van der Waals surface area contributed by atoms with Crippen LogP contribution in [0, 0.1) is 12.7 Å². The Bertz CT molecular complexity index is 1050. The van der Waals surface area contributed by atoms with Crippen LogP contribution in [0.25, 0.3) is 21.1 Å². The summed E-state index contributed by atoms with van der Waals surface area (Å²) in [6.45, 7) is 2.19. The quantitative estimate of drug-likeness (QED) is 0.557. The lowest BCUT2D eigenvalue weighted by atomic mass is 10.1. The maximum absolute atomic E-state index is 14.3. The number of carbonyl (C=O) groups is 1. The zero-order chi connectivity index (χ0) is 19.7. The molecule has 3 aromatic rings. The molecule has 1 atom stereocenters. The van der Waals surface area contributed by atoms with Crippen molar-refractivity contribution in [2.45, 2.75) is 13.5 Å². The molecular formula is C16H14FN3O4S3.